The first-order valence-electron chi connectivity index (χ1n) is 7.76. The van der Waals surface area contributed by atoms with E-state index >= 15 is 0 Å². The Hall–Kier alpha value is -0.800. The van der Waals surface area contributed by atoms with E-state index in [1.165, 1.54) is 12.0 Å². The number of aryl methyl sites for hydroxylation is 1. The molecular weight excluding hydrogens is 270 g/mol. The molecule has 0 spiro atoms. The van der Waals surface area contributed by atoms with Crippen LogP contribution in [0, 0.1) is 0 Å². The second-order valence-electron chi connectivity index (χ2n) is 5.42. The first-order chi connectivity index (χ1) is 9.71. The van der Waals surface area contributed by atoms with Crippen molar-refractivity contribution in [2.75, 3.05) is 31.1 Å². The number of anilines is 1. The molecule has 4 heteroatoms. The maximum atomic E-state index is 6.00. The summed E-state index contributed by atoms with van der Waals surface area (Å²) in [5.41, 5.74) is 2.32. The normalized spacial score (nSPS) is 19.1. The third-order valence-electron chi connectivity index (χ3n) is 4.26. The highest BCUT2D eigenvalue weighted by Crippen LogP contribution is 2.23. The van der Waals surface area contributed by atoms with Gasteiger partial charge in [0, 0.05) is 30.7 Å². The molecule has 20 heavy (non-hydrogen) atoms. The highest BCUT2D eigenvalue weighted by atomic mass is 35.5. The van der Waals surface area contributed by atoms with Crippen molar-refractivity contribution in [2.45, 2.75) is 45.5 Å². The van der Waals surface area contributed by atoms with Crippen molar-refractivity contribution < 1.29 is 0 Å². The van der Waals surface area contributed by atoms with Gasteiger partial charge >= 0.3 is 0 Å². The molecule has 0 radical (unpaired) electrons. The molecule has 0 N–H and O–H groups in total. The minimum absolute atomic E-state index is 0.565. The van der Waals surface area contributed by atoms with Gasteiger partial charge in [-0.1, -0.05) is 20.8 Å². The lowest BCUT2D eigenvalue weighted by Gasteiger charge is -2.26. The minimum atomic E-state index is 0.565. The molecule has 1 fully saturated rings. The molecule has 0 amide bonds. The van der Waals surface area contributed by atoms with Crippen LogP contribution in [0.2, 0.25) is 0 Å². The van der Waals surface area contributed by atoms with E-state index in [-0.39, 0.29) is 0 Å². The highest BCUT2D eigenvalue weighted by molar-refractivity contribution is 6.17. The predicted octanol–water partition coefficient (Wildman–Crippen LogP) is 3.30. The molecule has 1 saturated heterocycles. The molecule has 0 aromatic carbocycles. The van der Waals surface area contributed by atoms with Crippen LogP contribution < -0.4 is 4.90 Å². The molecule has 1 aromatic heterocycles. The fraction of sp³-hybridized carbons (Fsp3) is 0.688. The summed E-state index contributed by atoms with van der Waals surface area (Å²) in [5.74, 6) is 1.67. The second kappa shape index (κ2) is 7.28. The van der Waals surface area contributed by atoms with Crippen LogP contribution in [0.1, 0.15) is 38.4 Å². The number of pyridine rings is 1. The van der Waals surface area contributed by atoms with Gasteiger partial charge in [-0.25, -0.2) is 4.98 Å². The number of rotatable bonds is 6. The quantitative estimate of drug-likeness (QED) is 0.751. The molecule has 2 rings (SSSR count). The standard InChI is InChI=1S/C16H26ClN3/c1-4-14-9-13(11-17)10-16(18-14)20-8-7-15(12-20)19(5-2)6-3/h9-10,15H,4-8,11-12H2,1-3H3. The molecule has 3 nitrogen and oxygen atoms in total. The zero-order chi connectivity index (χ0) is 14.5. The van der Waals surface area contributed by atoms with Gasteiger partial charge in [0.15, 0.2) is 0 Å². The maximum Gasteiger partial charge on any atom is 0.129 e. The predicted molar refractivity (Wildman–Crippen MR) is 86.7 cm³/mol. The van der Waals surface area contributed by atoms with Crippen LogP contribution in [-0.2, 0) is 12.3 Å². The molecule has 1 aliphatic rings. The zero-order valence-corrected chi connectivity index (χ0v) is 13.7. The summed E-state index contributed by atoms with van der Waals surface area (Å²) in [6.07, 6.45) is 2.20. The van der Waals surface area contributed by atoms with Crippen molar-refractivity contribution in [3.8, 4) is 0 Å². The first kappa shape index (κ1) is 15.6. The van der Waals surface area contributed by atoms with Crippen LogP contribution in [0.3, 0.4) is 0 Å². The molecular formula is C16H26ClN3. The lowest BCUT2D eigenvalue weighted by atomic mass is 10.2. The Labute approximate surface area is 127 Å². The Morgan fingerprint density at radius 2 is 2.05 bits per heavy atom. The van der Waals surface area contributed by atoms with E-state index in [0.717, 1.165) is 44.1 Å². The fourth-order valence-electron chi connectivity index (χ4n) is 3.04. The monoisotopic (exact) mass is 295 g/mol. The SMILES string of the molecule is CCc1cc(CCl)cc(N2CCC(N(CC)CC)C2)n1. The second-order valence-corrected chi connectivity index (χ2v) is 5.69. The fourth-order valence-corrected chi connectivity index (χ4v) is 3.20. The van der Waals surface area contributed by atoms with Crippen molar-refractivity contribution in [1.29, 1.82) is 0 Å². The number of halogens is 1. The van der Waals surface area contributed by atoms with Gasteiger partial charge in [-0.15, -0.1) is 11.6 Å². The lowest BCUT2D eigenvalue weighted by molar-refractivity contribution is 0.232. The summed E-state index contributed by atoms with van der Waals surface area (Å²) in [5, 5.41) is 0. The van der Waals surface area contributed by atoms with Crippen LogP contribution >= 0.6 is 11.6 Å². The number of alkyl halides is 1. The molecule has 1 aliphatic heterocycles. The van der Waals surface area contributed by atoms with Gasteiger partial charge in [-0.05, 0) is 43.6 Å². The average molecular weight is 296 g/mol. The molecule has 1 aromatic rings. The van der Waals surface area contributed by atoms with Crippen LogP contribution in [0.5, 0.6) is 0 Å². The van der Waals surface area contributed by atoms with E-state index in [0.29, 0.717) is 11.9 Å². The molecule has 1 unspecified atom stereocenters. The van der Waals surface area contributed by atoms with E-state index in [1.54, 1.807) is 0 Å². The topological polar surface area (TPSA) is 19.4 Å². The van der Waals surface area contributed by atoms with E-state index in [2.05, 4.69) is 42.7 Å². The number of likely N-dealkylation sites (N-methyl/N-ethyl adjacent to an activating group) is 1. The summed E-state index contributed by atoms with van der Waals surface area (Å²) in [4.78, 5) is 9.74. The van der Waals surface area contributed by atoms with Gasteiger partial charge in [0.05, 0.1) is 0 Å². The third kappa shape index (κ3) is 3.44. The summed E-state index contributed by atoms with van der Waals surface area (Å²) in [7, 11) is 0. The van der Waals surface area contributed by atoms with E-state index in [4.69, 9.17) is 16.6 Å². The van der Waals surface area contributed by atoms with Crippen molar-refractivity contribution in [2.24, 2.45) is 0 Å². The van der Waals surface area contributed by atoms with Crippen molar-refractivity contribution >= 4 is 17.4 Å². The zero-order valence-electron chi connectivity index (χ0n) is 12.9. The highest BCUT2D eigenvalue weighted by Gasteiger charge is 2.27. The Morgan fingerprint density at radius 3 is 2.65 bits per heavy atom. The van der Waals surface area contributed by atoms with Gasteiger partial charge in [-0.3, -0.25) is 4.90 Å². The third-order valence-corrected chi connectivity index (χ3v) is 4.57. The molecule has 0 aliphatic carbocycles. The average Bonchev–Trinajstić information content (AvgIpc) is 2.97. The number of nitrogens with zero attached hydrogens (tertiary/aromatic N) is 3. The molecule has 2 heterocycles. The maximum absolute atomic E-state index is 6.00. The van der Waals surface area contributed by atoms with Gasteiger partial charge in [0.1, 0.15) is 5.82 Å². The van der Waals surface area contributed by atoms with Crippen molar-refractivity contribution in [3.05, 3.63) is 23.4 Å². The van der Waals surface area contributed by atoms with Gasteiger partial charge in [0.25, 0.3) is 0 Å². The van der Waals surface area contributed by atoms with Crippen LogP contribution in [0.25, 0.3) is 0 Å². The molecule has 0 saturated carbocycles. The Balaban J connectivity index is 2.13. The van der Waals surface area contributed by atoms with Gasteiger partial charge < -0.3 is 4.90 Å². The van der Waals surface area contributed by atoms with Crippen LogP contribution in [0.4, 0.5) is 5.82 Å². The summed E-state index contributed by atoms with van der Waals surface area (Å²) in [6, 6.07) is 4.93. The summed E-state index contributed by atoms with van der Waals surface area (Å²) in [6.45, 7) is 11.1. The first-order valence-corrected chi connectivity index (χ1v) is 8.30. The Morgan fingerprint density at radius 1 is 1.30 bits per heavy atom. The van der Waals surface area contributed by atoms with Crippen LogP contribution in [0.15, 0.2) is 12.1 Å². The Bertz CT molecular complexity index is 409. The minimum Gasteiger partial charge on any atom is -0.355 e. The van der Waals surface area contributed by atoms with Gasteiger partial charge in [0.2, 0.25) is 0 Å². The molecule has 112 valence electrons. The largest absolute Gasteiger partial charge is 0.355 e. The summed E-state index contributed by atoms with van der Waals surface area (Å²) >= 11 is 6.00. The smallest absolute Gasteiger partial charge is 0.129 e. The molecule has 1 atom stereocenters. The Kier molecular flexibility index (Phi) is 5.67. The number of hydrogen-bond acceptors (Lipinski definition) is 3. The van der Waals surface area contributed by atoms with Crippen LogP contribution in [-0.4, -0.2) is 42.1 Å². The van der Waals surface area contributed by atoms with Gasteiger partial charge in [-0.2, -0.15) is 0 Å². The van der Waals surface area contributed by atoms with E-state index < -0.39 is 0 Å². The lowest BCUT2D eigenvalue weighted by Crippen LogP contribution is -2.37. The summed E-state index contributed by atoms with van der Waals surface area (Å²) < 4.78 is 0. The van der Waals surface area contributed by atoms with Crippen molar-refractivity contribution in [1.82, 2.24) is 9.88 Å². The van der Waals surface area contributed by atoms with E-state index in [1.807, 2.05) is 0 Å². The number of hydrogen-bond donors (Lipinski definition) is 0. The molecule has 0 bridgehead atoms. The number of aromatic nitrogens is 1. The van der Waals surface area contributed by atoms with Crippen molar-refractivity contribution in [3.63, 3.8) is 0 Å². The van der Waals surface area contributed by atoms with E-state index in [9.17, 15) is 0 Å².